The molecule has 1 amide bonds. The topological polar surface area (TPSA) is 66.9 Å². The van der Waals surface area contributed by atoms with Gasteiger partial charge >= 0.3 is 0 Å². The Balaban J connectivity index is 2.02. The van der Waals surface area contributed by atoms with Gasteiger partial charge in [0, 0.05) is 24.8 Å². The molecule has 0 spiro atoms. The van der Waals surface area contributed by atoms with E-state index in [0.29, 0.717) is 29.2 Å². The maximum atomic E-state index is 13.3. The van der Waals surface area contributed by atoms with Gasteiger partial charge in [0.2, 0.25) is 0 Å². The van der Waals surface area contributed by atoms with E-state index < -0.39 is 15.8 Å². The first-order valence-corrected chi connectivity index (χ1v) is 11.4. The van der Waals surface area contributed by atoms with Crippen LogP contribution in [-0.2, 0) is 10.0 Å². The zero-order valence-electron chi connectivity index (χ0n) is 18.4. The number of anilines is 2. The number of methoxy groups -OCH3 is 1. The van der Waals surface area contributed by atoms with Gasteiger partial charge < -0.3 is 9.64 Å². The minimum Gasteiger partial charge on any atom is -0.495 e. The summed E-state index contributed by atoms with van der Waals surface area (Å²) < 4.78 is 46.4. The van der Waals surface area contributed by atoms with Crippen LogP contribution in [0, 0.1) is 12.7 Å². The van der Waals surface area contributed by atoms with E-state index in [9.17, 15) is 17.6 Å². The Morgan fingerprint density at radius 2 is 1.69 bits per heavy atom. The summed E-state index contributed by atoms with van der Waals surface area (Å²) in [6, 6.07) is 16.8. The van der Waals surface area contributed by atoms with Crippen molar-refractivity contribution in [3.63, 3.8) is 0 Å². The Kier molecular flexibility index (Phi) is 6.84. The number of rotatable bonds is 7. The van der Waals surface area contributed by atoms with Crippen molar-refractivity contribution in [2.24, 2.45) is 0 Å². The highest BCUT2D eigenvalue weighted by molar-refractivity contribution is 7.92. The van der Waals surface area contributed by atoms with E-state index >= 15 is 0 Å². The zero-order chi connectivity index (χ0) is 23.5. The molecule has 0 N–H and O–H groups in total. The molecule has 32 heavy (non-hydrogen) atoms. The highest BCUT2D eigenvalue weighted by atomic mass is 32.2. The number of nitrogens with zero attached hydrogens (tertiary/aromatic N) is 2. The Morgan fingerprint density at radius 3 is 2.31 bits per heavy atom. The third-order valence-electron chi connectivity index (χ3n) is 5.22. The Bertz CT molecular complexity index is 1230. The van der Waals surface area contributed by atoms with E-state index in [1.165, 1.54) is 55.5 Å². The third-order valence-corrected chi connectivity index (χ3v) is 6.99. The average molecular weight is 457 g/mol. The summed E-state index contributed by atoms with van der Waals surface area (Å²) in [6.45, 7) is 3.88. The lowest BCUT2D eigenvalue weighted by atomic mass is 10.1. The molecule has 0 saturated carbocycles. The molecule has 0 aromatic heterocycles. The molecular weight excluding hydrogens is 431 g/mol. The molecule has 168 valence electrons. The number of halogens is 1. The van der Waals surface area contributed by atoms with Gasteiger partial charge in [-0.25, -0.2) is 12.8 Å². The van der Waals surface area contributed by atoms with Crippen molar-refractivity contribution in [3.05, 3.63) is 83.7 Å². The summed E-state index contributed by atoms with van der Waals surface area (Å²) in [6.07, 6.45) is 0. The van der Waals surface area contributed by atoms with Crippen molar-refractivity contribution in [3.8, 4) is 5.75 Å². The Morgan fingerprint density at radius 1 is 1.03 bits per heavy atom. The van der Waals surface area contributed by atoms with E-state index in [-0.39, 0.29) is 16.4 Å². The number of carbonyl (C=O) groups is 1. The van der Waals surface area contributed by atoms with E-state index in [4.69, 9.17) is 4.74 Å². The average Bonchev–Trinajstić information content (AvgIpc) is 2.80. The van der Waals surface area contributed by atoms with Gasteiger partial charge in [0.15, 0.2) is 0 Å². The van der Waals surface area contributed by atoms with Gasteiger partial charge in [-0.1, -0.05) is 18.2 Å². The van der Waals surface area contributed by atoms with Gasteiger partial charge in [-0.15, -0.1) is 0 Å². The summed E-state index contributed by atoms with van der Waals surface area (Å²) >= 11 is 0. The fourth-order valence-electron chi connectivity index (χ4n) is 3.38. The molecule has 0 unspecified atom stereocenters. The number of benzene rings is 3. The summed E-state index contributed by atoms with van der Waals surface area (Å²) in [7, 11) is -1.06. The standard InChI is InChI=1S/C24H25FN2O4S/c1-5-27(19-13-11-18(25)12-14-19)24(28)21-16-20(15-10-17(21)2)32(29,30)26(3)22-8-6-7-9-23(22)31-4/h6-16H,5H2,1-4H3. The second-order valence-electron chi connectivity index (χ2n) is 7.15. The van der Waals surface area contributed by atoms with Crippen molar-refractivity contribution in [1.29, 1.82) is 0 Å². The number of aryl methyl sites for hydroxylation is 1. The SMILES string of the molecule is CCN(C(=O)c1cc(S(=O)(=O)N(C)c2ccccc2OC)ccc1C)c1ccc(F)cc1. The van der Waals surface area contributed by atoms with E-state index in [2.05, 4.69) is 0 Å². The van der Waals surface area contributed by atoms with Crippen LogP contribution < -0.4 is 13.9 Å². The second-order valence-corrected chi connectivity index (χ2v) is 9.12. The lowest BCUT2D eigenvalue weighted by Gasteiger charge is -2.24. The molecule has 0 fully saturated rings. The van der Waals surface area contributed by atoms with Crippen LogP contribution >= 0.6 is 0 Å². The van der Waals surface area contributed by atoms with Gasteiger partial charge in [-0.3, -0.25) is 9.10 Å². The molecule has 8 heteroatoms. The first-order chi connectivity index (χ1) is 15.2. The fraction of sp³-hybridized carbons (Fsp3) is 0.208. The van der Waals surface area contributed by atoms with Crippen LogP contribution in [0.2, 0.25) is 0 Å². The van der Waals surface area contributed by atoms with Crippen molar-refractivity contribution >= 4 is 27.3 Å². The molecule has 0 heterocycles. The molecular formula is C24H25FN2O4S. The van der Waals surface area contributed by atoms with Crippen LogP contribution in [-0.4, -0.2) is 35.0 Å². The number of carbonyl (C=O) groups excluding carboxylic acids is 1. The summed E-state index contributed by atoms with van der Waals surface area (Å²) in [4.78, 5) is 14.8. The highest BCUT2D eigenvalue weighted by Crippen LogP contribution is 2.31. The molecule has 6 nitrogen and oxygen atoms in total. The van der Waals surface area contributed by atoms with Crippen molar-refractivity contribution < 1.29 is 22.3 Å². The summed E-state index contributed by atoms with van der Waals surface area (Å²) in [5.41, 5.74) is 1.79. The van der Waals surface area contributed by atoms with Gasteiger partial charge in [-0.2, -0.15) is 0 Å². The predicted molar refractivity (Wildman–Crippen MR) is 124 cm³/mol. The van der Waals surface area contributed by atoms with Crippen LogP contribution in [0.3, 0.4) is 0 Å². The number of amides is 1. The van der Waals surface area contributed by atoms with Crippen molar-refractivity contribution in [2.75, 3.05) is 29.9 Å². The maximum Gasteiger partial charge on any atom is 0.264 e. The highest BCUT2D eigenvalue weighted by Gasteiger charge is 2.26. The van der Waals surface area contributed by atoms with Gasteiger partial charge in [0.1, 0.15) is 11.6 Å². The molecule has 3 rings (SSSR count). The molecule has 0 aliphatic carbocycles. The fourth-order valence-corrected chi connectivity index (χ4v) is 4.61. The first kappa shape index (κ1) is 23.3. The molecule has 3 aromatic rings. The summed E-state index contributed by atoms with van der Waals surface area (Å²) in [5, 5.41) is 0. The number of sulfonamides is 1. The zero-order valence-corrected chi connectivity index (χ0v) is 19.2. The number of hydrogen-bond donors (Lipinski definition) is 0. The quantitative estimate of drug-likeness (QED) is 0.520. The first-order valence-electron chi connectivity index (χ1n) is 10.0. The minimum absolute atomic E-state index is 0.0185. The normalized spacial score (nSPS) is 11.2. The van der Waals surface area contributed by atoms with Gasteiger partial charge in [0.25, 0.3) is 15.9 Å². The number of para-hydroxylation sites is 2. The van der Waals surface area contributed by atoms with Gasteiger partial charge in [-0.05, 0) is 67.9 Å². The third kappa shape index (κ3) is 4.45. The molecule has 0 bridgehead atoms. The van der Waals surface area contributed by atoms with Gasteiger partial charge in [0.05, 0.1) is 17.7 Å². The van der Waals surface area contributed by atoms with Crippen LogP contribution in [0.4, 0.5) is 15.8 Å². The van der Waals surface area contributed by atoms with Crippen molar-refractivity contribution in [1.82, 2.24) is 0 Å². The lowest BCUT2D eigenvalue weighted by molar-refractivity contribution is 0.0987. The Labute approximate surface area is 187 Å². The van der Waals surface area contributed by atoms with E-state index in [1.54, 1.807) is 44.2 Å². The van der Waals surface area contributed by atoms with Crippen LogP contribution in [0.5, 0.6) is 5.75 Å². The van der Waals surface area contributed by atoms with Crippen LogP contribution in [0.1, 0.15) is 22.8 Å². The summed E-state index contributed by atoms with van der Waals surface area (Å²) in [5.74, 6) is -0.357. The van der Waals surface area contributed by atoms with E-state index in [1.807, 2.05) is 0 Å². The molecule has 0 aliphatic heterocycles. The second kappa shape index (κ2) is 9.40. The molecule has 0 atom stereocenters. The lowest BCUT2D eigenvalue weighted by Crippen LogP contribution is -2.32. The largest absolute Gasteiger partial charge is 0.495 e. The Hall–Kier alpha value is -3.39. The minimum atomic E-state index is -3.97. The number of ether oxygens (including phenoxy) is 1. The number of hydrogen-bond acceptors (Lipinski definition) is 4. The predicted octanol–water partition coefficient (Wildman–Crippen LogP) is 4.63. The molecule has 0 aliphatic rings. The van der Waals surface area contributed by atoms with E-state index in [0.717, 1.165) is 4.31 Å². The molecule has 0 saturated heterocycles. The monoisotopic (exact) mass is 456 g/mol. The molecule has 0 radical (unpaired) electrons. The molecule has 3 aromatic carbocycles. The smallest absolute Gasteiger partial charge is 0.264 e. The maximum absolute atomic E-state index is 13.3. The van der Waals surface area contributed by atoms with Crippen LogP contribution in [0.25, 0.3) is 0 Å². The van der Waals surface area contributed by atoms with Crippen molar-refractivity contribution in [2.45, 2.75) is 18.7 Å². The van der Waals surface area contributed by atoms with Crippen LogP contribution in [0.15, 0.2) is 71.6 Å².